The largest absolute Gasteiger partial charge is 0.395 e. The van der Waals surface area contributed by atoms with Crippen molar-refractivity contribution in [3.05, 3.63) is 44.8 Å². The Morgan fingerprint density at radius 1 is 1.30 bits per heavy atom. The Hall–Kier alpha value is -1.36. The van der Waals surface area contributed by atoms with E-state index in [1.807, 2.05) is 12.1 Å². The van der Waals surface area contributed by atoms with Crippen LogP contribution in [0.25, 0.3) is 10.8 Å². The first-order chi connectivity index (χ1) is 11.1. The summed E-state index contributed by atoms with van der Waals surface area (Å²) in [6, 6.07) is 5.62. The zero-order valence-electron chi connectivity index (χ0n) is 13.4. The quantitative estimate of drug-likeness (QED) is 0.904. The predicted octanol–water partition coefficient (Wildman–Crippen LogP) is 2.92. The van der Waals surface area contributed by atoms with E-state index in [1.165, 1.54) is 5.56 Å². The highest BCUT2D eigenvalue weighted by atomic mass is 35.5. The molecule has 1 aromatic carbocycles. The summed E-state index contributed by atoms with van der Waals surface area (Å²) in [4.78, 5) is 17.7. The molecular formula is C18H23ClN2O2. The minimum Gasteiger partial charge on any atom is -0.395 e. The first kappa shape index (κ1) is 16.5. The molecule has 0 aliphatic carbocycles. The van der Waals surface area contributed by atoms with Gasteiger partial charge in [-0.15, -0.1) is 0 Å². The number of halogens is 1. The van der Waals surface area contributed by atoms with Crippen molar-refractivity contribution in [1.29, 1.82) is 0 Å². The standard InChI is InChI=1S/C18H23ClN2O2/c1-2-16-17(12-5-7-21(8-6-12)9-10-22)14-4-3-13(19)11-15(14)18(23)20-16/h3-4,11-12,22H,2,5-10H2,1H3,(H,20,23). The molecule has 2 N–H and O–H groups in total. The topological polar surface area (TPSA) is 56.3 Å². The van der Waals surface area contributed by atoms with Crippen LogP contribution >= 0.6 is 11.6 Å². The molecule has 2 heterocycles. The first-order valence-electron chi connectivity index (χ1n) is 8.31. The van der Waals surface area contributed by atoms with Crippen molar-refractivity contribution in [2.24, 2.45) is 0 Å². The Morgan fingerprint density at radius 3 is 2.70 bits per heavy atom. The molecule has 1 aliphatic heterocycles. The summed E-state index contributed by atoms with van der Waals surface area (Å²) in [6.45, 7) is 5.02. The zero-order chi connectivity index (χ0) is 16.4. The molecule has 23 heavy (non-hydrogen) atoms. The van der Waals surface area contributed by atoms with E-state index in [1.54, 1.807) is 6.07 Å². The number of aromatic nitrogens is 1. The lowest BCUT2D eigenvalue weighted by atomic mass is 9.85. The summed E-state index contributed by atoms with van der Waals surface area (Å²) in [5.74, 6) is 0.445. The number of β-amino-alcohol motifs (C(OH)–C–C–N with tert-alkyl or cyclic N) is 1. The van der Waals surface area contributed by atoms with Crippen molar-refractivity contribution in [2.75, 3.05) is 26.2 Å². The number of nitrogens with one attached hydrogen (secondary N) is 1. The van der Waals surface area contributed by atoms with Crippen LogP contribution in [0.2, 0.25) is 5.02 Å². The fourth-order valence-electron chi connectivity index (χ4n) is 3.71. The molecule has 5 heteroatoms. The van der Waals surface area contributed by atoms with Crippen molar-refractivity contribution in [2.45, 2.75) is 32.1 Å². The highest BCUT2D eigenvalue weighted by Gasteiger charge is 2.24. The van der Waals surface area contributed by atoms with E-state index < -0.39 is 0 Å². The van der Waals surface area contributed by atoms with Gasteiger partial charge >= 0.3 is 0 Å². The Bertz CT molecular complexity index is 749. The number of fused-ring (bicyclic) bond motifs is 1. The Kier molecular flexibility index (Phi) is 5.05. The highest BCUT2D eigenvalue weighted by molar-refractivity contribution is 6.31. The van der Waals surface area contributed by atoms with Crippen molar-refractivity contribution < 1.29 is 5.11 Å². The number of nitrogens with zero attached hydrogens (tertiary/aromatic N) is 1. The van der Waals surface area contributed by atoms with Crippen LogP contribution < -0.4 is 5.56 Å². The minimum atomic E-state index is -0.0548. The maximum absolute atomic E-state index is 12.3. The molecule has 0 radical (unpaired) electrons. The van der Waals surface area contributed by atoms with Gasteiger partial charge in [-0.2, -0.15) is 0 Å². The number of rotatable bonds is 4. The summed E-state index contributed by atoms with van der Waals surface area (Å²) >= 11 is 6.07. The normalized spacial score (nSPS) is 17.0. The number of pyridine rings is 1. The van der Waals surface area contributed by atoms with Crippen molar-refractivity contribution in [3.63, 3.8) is 0 Å². The molecule has 2 aromatic rings. The Morgan fingerprint density at radius 2 is 2.04 bits per heavy atom. The van der Waals surface area contributed by atoms with Crippen LogP contribution in [-0.2, 0) is 6.42 Å². The molecular weight excluding hydrogens is 312 g/mol. The number of aliphatic hydroxyl groups excluding tert-OH is 1. The molecule has 1 aromatic heterocycles. The predicted molar refractivity (Wildman–Crippen MR) is 94.5 cm³/mol. The second-order valence-corrected chi connectivity index (χ2v) is 6.67. The number of H-pyrrole nitrogens is 1. The second-order valence-electron chi connectivity index (χ2n) is 6.23. The summed E-state index contributed by atoms with van der Waals surface area (Å²) in [5.41, 5.74) is 2.27. The smallest absolute Gasteiger partial charge is 0.256 e. The van der Waals surface area contributed by atoms with E-state index in [9.17, 15) is 4.79 Å². The lowest BCUT2D eigenvalue weighted by Gasteiger charge is -2.33. The van der Waals surface area contributed by atoms with Gasteiger partial charge in [0.25, 0.3) is 5.56 Å². The molecule has 0 atom stereocenters. The van der Waals surface area contributed by atoms with Crippen LogP contribution in [0.3, 0.4) is 0 Å². The third-order valence-corrected chi connectivity index (χ3v) is 5.11. The van der Waals surface area contributed by atoms with Crippen LogP contribution in [0.1, 0.15) is 36.9 Å². The van der Waals surface area contributed by atoms with E-state index >= 15 is 0 Å². The fraction of sp³-hybridized carbons (Fsp3) is 0.500. The van der Waals surface area contributed by atoms with Gasteiger partial charge in [0.1, 0.15) is 0 Å². The molecule has 0 spiro atoms. The van der Waals surface area contributed by atoms with Crippen molar-refractivity contribution in [1.82, 2.24) is 9.88 Å². The molecule has 0 bridgehead atoms. The maximum Gasteiger partial charge on any atom is 0.256 e. The van der Waals surface area contributed by atoms with Crippen LogP contribution in [0.4, 0.5) is 0 Å². The lowest BCUT2D eigenvalue weighted by Crippen LogP contribution is -2.35. The number of piperidine rings is 1. The number of aryl methyl sites for hydroxylation is 1. The lowest BCUT2D eigenvalue weighted by molar-refractivity contribution is 0.164. The molecule has 1 aliphatic rings. The number of aliphatic hydroxyl groups is 1. The molecule has 124 valence electrons. The van der Waals surface area contributed by atoms with Crippen molar-refractivity contribution >= 4 is 22.4 Å². The Balaban J connectivity index is 2.03. The van der Waals surface area contributed by atoms with Gasteiger partial charge in [0.15, 0.2) is 0 Å². The van der Waals surface area contributed by atoms with Gasteiger partial charge in [-0.25, -0.2) is 0 Å². The zero-order valence-corrected chi connectivity index (χ0v) is 14.2. The molecule has 0 saturated carbocycles. The molecule has 1 saturated heterocycles. The second kappa shape index (κ2) is 7.04. The van der Waals surface area contributed by atoms with Crippen LogP contribution in [0.15, 0.2) is 23.0 Å². The number of hydrogen-bond donors (Lipinski definition) is 2. The van der Waals surface area contributed by atoms with E-state index in [-0.39, 0.29) is 12.2 Å². The number of aromatic amines is 1. The summed E-state index contributed by atoms with van der Waals surface area (Å²) in [5, 5.41) is 11.4. The third-order valence-electron chi connectivity index (χ3n) is 4.87. The summed E-state index contributed by atoms with van der Waals surface area (Å²) in [7, 11) is 0. The van der Waals surface area contributed by atoms with E-state index in [2.05, 4.69) is 16.8 Å². The van der Waals surface area contributed by atoms with Crippen LogP contribution in [0, 0.1) is 0 Å². The third kappa shape index (κ3) is 3.30. The molecule has 4 nitrogen and oxygen atoms in total. The van der Waals surface area contributed by atoms with Gasteiger partial charge in [0, 0.05) is 22.6 Å². The van der Waals surface area contributed by atoms with E-state index in [0.717, 1.165) is 50.0 Å². The maximum atomic E-state index is 12.3. The highest BCUT2D eigenvalue weighted by Crippen LogP contribution is 2.34. The SMILES string of the molecule is CCc1[nH]c(=O)c2cc(Cl)ccc2c1C1CCN(CCO)CC1. The van der Waals surface area contributed by atoms with E-state index in [0.29, 0.717) is 16.3 Å². The van der Waals surface area contributed by atoms with E-state index in [4.69, 9.17) is 16.7 Å². The molecule has 3 rings (SSSR count). The van der Waals surface area contributed by atoms with Crippen LogP contribution in [0.5, 0.6) is 0 Å². The summed E-state index contributed by atoms with van der Waals surface area (Å²) in [6.07, 6.45) is 2.92. The first-order valence-corrected chi connectivity index (χ1v) is 8.69. The fourth-order valence-corrected chi connectivity index (χ4v) is 3.88. The number of hydrogen-bond acceptors (Lipinski definition) is 3. The van der Waals surface area contributed by atoms with Gasteiger partial charge in [-0.1, -0.05) is 24.6 Å². The molecule has 0 amide bonds. The van der Waals surface area contributed by atoms with Crippen molar-refractivity contribution in [3.8, 4) is 0 Å². The summed E-state index contributed by atoms with van der Waals surface area (Å²) < 4.78 is 0. The molecule has 0 unspecified atom stereocenters. The van der Waals surface area contributed by atoms with Crippen LogP contribution in [-0.4, -0.2) is 41.2 Å². The van der Waals surface area contributed by atoms with Gasteiger partial charge in [0.2, 0.25) is 0 Å². The van der Waals surface area contributed by atoms with Gasteiger partial charge in [0.05, 0.1) is 6.61 Å². The average molecular weight is 335 g/mol. The monoisotopic (exact) mass is 334 g/mol. The number of benzene rings is 1. The van der Waals surface area contributed by atoms with Gasteiger partial charge in [-0.05, 0) is 61.4 Å². The van der Waals surface area contributed by atoms with Gasteiger partial charge < -0.3 is 15.0 Å². The number of likely N-dealkylation sites (tertiary alicyclic amines) is 1. The minimum absolute atomic E-state index is 0.0548. The van der Waals surface area contributed by atoms with Gasteiger partial charge in [-0.3, -0.25) is 4.79 Å². The molecule has 1 fully saturated rings. The Labute approximate surface area is 141 Å². The average Bonchev–Trinajstić information content (AvgIpc) is 2.56.